The second-order valence-corrected chi connectivity index (χ2v) is 5.60. The predicted molar refractivity (Wildman–Crippen MR) is 75.7 cm³/mol. The van der Waals surface area contributed by atoms with E-state index in [1.807, 2.05) is 51.1 Å². The summed E-state index contributed by atoms with van der Waals surface area (Å²) >= 11 is 0. The molecule has 1 aromatic carbocycles. The molecule has 1 amide bonds. The fourth-order valence-corrected chi connectivity index (χ4v) is 1.94. The molecule has 1 aliphatic heterocycles. The lowest BCUT2D eigenvalue weighted by Gasteiger charge is -2.24. The summed E-state index contributed by atoms with van der Waals surface area (Å²) in [4.78, 5) is 18.3. The molecule has 1 aromatic rings. The van der Waals surface area contributed by atoms with Crippen molar-refractivity contribution >= 4 is 17.6 Å². The van der Waals surface area contributed by atoms with E-state index in [1.165, 1.54) is 0 Å². The standard InChI is InChI=1S/C15H20N2O2/c1-15(2,3)19-14(18)17-11-7-10-13(17)16-12-8-5-4-6-9-12/h4-6,8-9H,7,10-11H2,1-3H3. The van der Waals surface area contributed by atoms with Gasteiger partial charge in [-0.1, -0.05) is 18.2 Å². The van der Waals surface area contributed by atoms with E-state index in [9.17, 15) is 4.79 Å². The summed E-state index contributed by atoms with van der Waals surface area (Å²) < 4.78 is 5.40. The third-order valence-corrected chi connectivity index (χ3v) is 2.72. The summed E-state index contributed by atoms with van der Waals surface area (Å²) in [7, 11) is 0. The zero-order valence-electron chi connectivity index (χ0n) is 11.7. The molecule has 2 rings (SSSR count). The van der Waals surface area contributed by atoms with Crippen LogP contribution in [0.5, 0.6) is 0 Å². The van der Waals surface area contributed by atoms with Crippen molar-refractivity contribution in [3.8, 4) is 0 Å². The van der Waals surface area contributed by atoms with E-state index < -0.39 is 5.60 Å². The first-order chi connectivity index (χ1) is 8.96. The van der Waals surface area contributed by atoms with Crippen LogP contribution in [0.3, 0.4) is 0 Å². The fourth-order valence-electron chi connectivity index (χ4n) is 1.94. The summed E-state index contributed by atoms with van der Waals surface area (Å²) in [5, 5.41) is 0. The second-order valence-electron chi connectivity index (χ2n) is 5.60. The molecular formula is C15H20N2O2. The number of likely N-dealkylation sites (tertiary alicyclic amines) is 1. The lowest BCUT2D eigenvalue weighted by Crippen LogP contribution is -2.37. The summed E-state index contributed by atoms with van der Waals surface area (Å²) in [6.45, 7) is 6.29. The highest BCUT2D eigenvalue weighted by molar-refractivity contribution is 5.98. The van der Waals surface area contributed by atoms with Gasteiger partial charge in [0.2, 0.25) is 0 Å². The topological polar surface area (TPSA) is 41.9 Å². The molecule has 19 heavy (non-hydrogen) atoms. The van der Waals surface area contributed by atoms with Gasteiger partial charge in [0, 0.05) is 13.0 Å². The Kier molecular flexibility index (Phi) is 3.88. The smallest absolute Gasteiger partial charge is 0.415 e. The summed E-state index contributed by atoms with van der Waals surface area (Å²) in [5.74, 6) is 0.792. The Morgan fingerprint density at radius 3 is 2.58 bits per heavy atom. The maximum absolute atomic E-state index is 12.1. The van der Waals surface area contributed by atoms with Crippen LogP contribution in [-0.4, -0.2) is 29.0 Å². The maximum Gasteiger partial charge on any atom is 0.415 e. The number of benzene rings is 1. The number of carbonyl (C=O) groups is 1. The number of nitrogens with zero attached hydrogens (tertiary/aromatic N) is 2. The third kappa shape index (κ3) is 3.81. The van der Waals surface area contributed by atoms with Gasteiger partial charge in [-0.25, -0.2) is 9.79 Å². The molecule has 1 fully saturated rings. The van der Waals surface area contributed by atoms with Crippen molar-refractivity contribution in [1.82, 2.24) is 4.90 Å². The lowest BCUT2D eigenvalue weighted by molar-refractivity contribution is 0.0383. The van der Waals surface area contributed by atoms with Gasteiger partial charge < -0.3 is 4.74 Å². The normalized spacial score (nSPS) is 17.8. The molecule has 0 aromatic heterocycles. The number of amides is 1. The monoisotopic (exact) mass is 260 g/mol. The molecule has 0 atom stereocenters. The minimum Gasteiger partial charge on any atom is -0.443 e. The van der Waals surface area contributed by atoms with Crippen LogP contribution < -0.4 is 0 Å². The van der Waals surface area contributed by atoms with Crippen molar-refractivity contribution < 1.29 is 9.53 Å². The molecule has 0 bridgehead atoms. The first-order valence-electron chi connectivity index (χ1n) is 6.59. The molecule has 4 nitrogen and oxygen atoms in total. The summed E-state index contributed by atoms with van der Waals surface area (Å²) in [5.41, 5.74) is 0.394. The van der Waals surface area contributed by atoms with E-state index in [0.29, 0.717) is 6.54 Å². The summed E-state index contributed by atoms with van der Waals surface area (Å²) in [6, 6.07) is 9.68. The van der Waals surface area contributed by atoms with Crippen molar-refractivity contribution in [1.29, 1.82) is 0 Å². The number of hydrogen-bond donors (Lipinski definition) is 0. The van der Waals surface area contributed by atoms with Gasteiger partial charge in [-0.2, -0.15) is 0 Å². The zero-order chi connectivity index (χ0) is 13.9. The van der Waals surface area contributed by atoms with Crippen molar-refractivity contribution in [3.63, 3.8) is 0 Å². The molecule has 102 valence electrons. The molecule has 4 heteroatoms. The van der Waals surface area contributed by atoms with Gasteiger partial charge >= 0.3 is 6.09 Å². The van der Waals surface area contributed by atoms with E-state index >= 15 is 0 Å². The molecule has 1 heterocycles. The number of amidine groups is 1. The Morgan fingerprint density at radius 1 is 1.26 bits per heavy atom. The Morgan fingerprint density at radius 2 is 1.95 bits per heavy atom. The minimum absolute atomic E-state index is 0.306. The number of carbonyl (C=O) groups excluding carboxylic acids is 1. The van der Waals surface area contributed by atoms with Crippen LogP contribution in [-0.2, 0) is 4.74 Å². The second kappa shape index (κ2) is 5.43. The van der Waals surface area contributed by atoms with Crippen LogP contribution >= 0.6 is 0 Å². The minimum atomic E-state index is -0.475. The van der Waals surface area contributed by atoms with Crippen LogP contribution in [0, 0.1) is 0 Å². The average molecular weight is 260 g/mol. The van der Waals surface area contributed by atoms with E-state index in [2.05, 4.69) is 4.99 Å². The van der Waals surface area contributed by atoms with Crippen LogP contribution in [0.2, 0.25) is 0 Å². The first-order valence-corrected chi connectivity index (χ1v) is 6.59. The highest BCUT2D eigenvalue weighted by atomic mass is 16.6. The van der Waals surface area contributed by atoms with Crippen molar-refractivity contribution in [2.75, 3.05) is 6.54 Å². The predicted octanol–water partition coefficient (Wildman–Crippen LogP) is 3.75. The van der Waals surface area contributed by atoms with E-state index in [4.69, 9.17) is 4.74 Å². The lowest BCUT2D eigenvalue weighted by atomic mass is 10.2. The maximum atomic E-state index is 12.1. The Bertz CT molecular complexity index is 475. The average Bonchev–Trinajstić information content (AvgIpc) is 2.76. The molecule has 0 saturated carbocycles. The first kappa shape index (κ1) is 13.6. The molecular weight excluding hydrogens is 240 g/mol. The number of ether oxygens (including phenoxy) is 1. The van der Waals surface area contributed by atoms with E-state index in [0.717, 1.165) is 24.4 Å². The number of rotatable bonds is 1. The van der Waals surface area contributed by atoms with E-state index in [-0.39, 0.29) is 6.09 Å². The molecule has 1 saturated heterocycles. The van der Waals surface area contributed by atoms with Gasteiger partial charge in [-0.05, 0) is 39.3 Å². The fraction of sp³-hybridized carbons (Fsp3) is 0.467. The molecule has 0 N–H and O–H groups in total. The highest BCUT2D eigenvalue weighted by Crippen LogP contribution is 2.20. The van der Waals surface area contributed by atoms with Gasteiger partial charge in [0.05, 0.1) is 5.69 Å². The Hall–Kier alpha value is -1.84. The van der Waals surface area contributed by atoms with Gasteiger partial charge in [0.1, 0.15) is 11.4 Å². The molecule has 0 spiro atoms. The zero-order valence-corrected chi connectivity index (χ0v) is 11.7. The molecule has 0 aliphatic carbocycles. The van der Waals surface area contributed by atoms with Crippen LogP contribution in [0.15, 0.2) is 35.3 Å². The largest absolute Gasteiger partial charge is 0.443 e. The van der Waals surface area contributed by atoms with Crippen molar-refractivity contribution in [3.05, 3.63) is 30.3 Å². The van der Waals surface area contributed by atoms with Gasteiger partial charge in [0.25, 0.3) is 0 Å². The third-order valence-electron chi connectivity index (χ3n) is 2.72. The van der Waals surface area contributed by atoms with E-state index in [1.54, 1.807) is 4.90 Å². The highest BCUT2D eigenvalue weighted by Gasteiger charge is 2.29. The van der Waals surface area contributed by atoms with Crippen LogP contribution in [0.4, 0.5) is 10.5 Å². The van der Waals surface area contributed by atoms with Gasteiger partial charge in [0.15, 0.2) is 0 Å². The number of aliphatic imine (C=N–C) groups is 1. The summed E-state index contributed by atoms with van der Waals surface area (Å²) in [6.07, 6.45) is 1.44. The molecule has 1 aliphatic rings. The quantitative estimate of drug-likeness (QED) is 0.771. The van der Waals surface area contributed by atoms with Crippen molar-refractivity contribution in [2.24, 2.45) is 4.99 Å². The van der Waals surface area contributed by atoms with Crippen LogP contribution in [0.25, 0.3) is 0 Å². The van der Waals surface area contributed by atoms with Crippen LogP contribution in [0.1, 0.15) is 33.6 Å². The SMILES string of the molecule is CC(C)(C)OC(=O)N1CCCC1=Nc1ccccc1. The number of hydrogen-bond acceptors (Lipinski definition) is 3. The van der Waals surface area contributed by atoms with Gasteiger partial charge in [-0.15, -0.1) is 0 Å². The molecule has 0 unspecified atom stereocenters. The Labute approximate surface area is 114 Å². The van der Waals surface area contributed by atoms with Gasteiger partial charge in [-0.3, -0.25) is 4.90 Å². The number of para-hydroxylation sites is 1. The molecule has 0 radical (unpaired) electrons. The van der Waals surface area contributed by atoms with Crippen molar-refractivity contribution in [2.45, 2.75) is 39.2 Å². The Balaban J connectivity index is 2.13.